The van der Waals surface area contributed by atoms with E-state index < -0.39 is 130 Å². The van der Waals surface area contributed by atoms with E-state index >= 15 is 0 Å². The Morgan fingerprint density at radius 2 is 1.43 bits per heavy atom. The maximum absolute atomic E-state index is 12.6. The molecule has 0 bridgehead atoms. The zero-order valence-corrected chi connectivity index (χ0v) is 32.2. The molecule has 0 aromatic rings. The third-order valence-electron chi connectivity index (χ3n) is 9.76. The van der Waals surface area contributed by atoms with Crippen LogP contribution in [0.3, 0.4) is 0 Å². The van der Waals surface area contributed by atoms with Gasteiger partial charge in [0.2, 0.25) is 0 Å². The van der Waals surface area contributed by atoms with Crippen LogP contribution in [0.5, 0.6) is 0 Å². The van der Waals surface area contributed by atoms with Crippen molar-refractivity contribution in [2.45, 2.75) is 150 Å². The minimum absolute atomic E-state index is 0. The molecule has 18 N–H and O–H groups in total. The molecule has 22 nitrogen and oxygen atoms in total. The van der Waals surface area contributed by atoms with Gasteiger partial charge in [0.1, 0.15) is 54.9 Å². The van der Waals surface area contributed by atoms with Gasteiger partial charge in [0.15, 0.2) is 12.6 Å². The molecule has 0 spiro atoms. The highest BCUT2D eigenvalue weighted by molar-refractivity contribution is 5.76. The molecule has 3 aliphatic heterocycles. The van der Waals surface area contributed by atoms with E-state index in [-0.39, 0.29) is 24.9 Å². The number of unbranched alkanes of at least 4 members (excludes halogenated alkanes) is 5. The first-order chi connectivity index (χ1) is 25.7. The average Bonchev–Trinajstić information content (AvgIpc) is 3.17. The summed E-state index contributed by atoms with van der Waals surface area (Å²) in [4.78, 5) is 23.8. The van der Waals surface area contributed by atoms with Crippen LogP contribution in [0, 0.1) is 5.92 Å². The molecule has 11 unspecified atom stereocenters. The largest absolute Gasteiger partial charge is 0.477 e. The Balaban J connectivity index is 0.00000744. The SMILES string of the molecule is C=C.COC(=O)CCCCCCCCO[C@@H]1OC(CO)[C@@H](OC2OC(CO)[C@H](O)C(O[C@]3(C(=O)O)CC(O)[C@@H](N)C(C(O)C(O)CO)O3)C2O)C(O)C1C.N.N. The molecule has 3 aliphatic rings. The second kappa shape index (κ2) is 26.1. The molecule has 3 heterocycles. The Labute approximate surface area is 326 Å². The quantitative estimate of drug-likeness (QED) is 0.0329. The van der Waals surface area contributed by atoms with E-state index in [1.54, 1.807) is 6.92 Å². The van der Waals surface area contributed by atoms with Crippen molar-refractivity contribution >= 4 is 11.9 Å². The smallest absolute Gasteiger partial charge is 0.364 e. The molecule has 56 heavy (non-hydrogen) atoms. The summed E-state index contributed by atoms with van der Waals surface area (Å²) in [5.41, 5.74) is 5.90. The van der Waals surface area contributed by atoms with Gasteiger partial charge in [-0.25, -0.2) is 4.79 Å². The summed E-state index contributed by atoms with van der Waals surface area (Å²) < 4.78 is 38.9. The van der Waals surface area contributed by atoms with E-state index in [0.717, 1.165) is 32.1 Å². The van der Waals surface area contributed by atoms with Gasteiger partial charge >= 0.3 is 11.9 Å². The van der Waals surface area contributed by atoms with Crippen LogP contribution in [0.4, 0.5) is 0 Å². The summed E-state index contributed by atoms with van der Waals surface area (Å²) in [5, 5.41) is 104. The molecule has 0 aromatic heterocycles. The molecule has 332 valence electrons. The number of hydrogen-bond donors (Lipinski definition) is 13. The number of aliphatic carboxylic acids is 1. The number of ether oxygens (including phenoxy) is 7. The number of hydrogen-bond acceptors (Lipinski definition) is 21. The zero-order chi connectivity index (χ0) is 40.7. The Morgan fingerprint density at radius 3 is 1.98 bits per heavy atom. The lowest BCUT2D eigenvalue weighted by Gasteiger charge is -2.50. The minimum Gasteiger partial charge on any atom is -0.477 e. The Hall–Kier alpha value is -2.04. The lowest BCUT2D eigenvalue weighted by molar-refractivity contribution is -0.384. The van der Waals surface area contributed by atoms with Crippen molar-refractivity contribution in [2.24, 2.45) is 11.7 Å². The van der Waals surface area contributed by atoms with Gasteiger partial charge in [-0.1, -0.05) is 32.6 Å². The molecule has 0 radical (unpaired) electrons. The molecule has 3 saturated heterocycles. The van der Waals surface area contributed by atoms with E-state index in [9.17, 15) is 60.7 Å². The molecule has 16 atom stereocenters. The average molecular weight is 822 g/mol. The van der Waals surface area contributed by atoms with Crippen LogP contribution < -0.4 is 18.0 Å². The number of rotatable bonds is 20. The molecular weight excluding hydrogens is 754 g/mol. The van der Waals surface area contributed by atoms with Crippen molar-refractivity contribution in [1.29, 1.82) is 0 Å². The standard InChI is InChI=1S/C32H57NO19.C2H4.2H3N/c1-15-22(40)26(19(14-36)49-29(15)47-10-8-6-4-3-5-7-9-20(39)46-2)50-30-25(43)28(24(42)18(13-35)48-30)52-32(31(44)45)11-16(37)21(33)27(51-32)23(41)17(38)12-34;1-2;;/h15-19,21-30,34-38,40-43H,3-14,33H2,1-2H3,(H,44,45);1-2H2;2*1H3/t15?,16?,17?,18?,19?,21-,22?,23?,24+,25?,26-,27?,28?,29-,30?,32+;;;/m1.../s1. The number of aliphatic hydroxyl groups excluding tert-OH is 9. The van der Waals surface area contributed by atoms with Crippen LogP contribution in [-0.4, -0.2) is 188 Å². The Kier molecular flexibility index (Phi) is 25.2. The number of carbonyl (C=O) groups excluding carboxylic acids is 1. The first kappa shape index (κ1) is 54.0. The van der Waals surface area contributed by atoms with Gasteiger partial charge in [0.25, 0.3) is 5.79 Å². The second-order valence-corrected chi connectivity index (χ2v) is 13.5. The summed E-state index contributed by atoms with van der Waals surface area (Å²) in [5.74, 6) is -5.76. The highest BCUT2D eigenvalue weighted by Gasteiger charge is 2.59. The van der Waals surface area contributed by atoms with Crippen molar-refractivity contribution < 1.29 is 93.8 Å². The fraction of sp³-hybridized carbons (Fsp3) is 0.882. The summed E-state index contributed by atoms with van der Waals surface area (Å²) >= 11 is 0. The third-order valence-corrected chi connectivity index (χ3v) is 9.76. The lowest BCUT2D eigenvalue weighted by Crippen LogP contribution is -2.70. The van der Waals surface area contributed by atoms with E-state index in [4.69, 9.17) is 34.2 Å². The fourth-order valence-corrected chi connectivity index (χ4v) is 6.48. The van der Waals surface area contributed by atoms with Gasteiger partial charge in [0, 0.05) is 25.4 Å². The molecule has 0 saturated carbocycles. The van der Waals surface area contributed by atoms with E-state index in [2.05, 4.69) is 17.9 Å². The highest BCUT2D eigenvalue weighted by atomic mass is 16.8. The van der Waals surface area contributed by atoms with E-state index in [1.807, 2.05) is 0 Å². The Morgan fingerprint density at radius 1 is 0.857 bits per heavy atom. The summed E-state index contributed by atoms with van der Waals surface area (Å²) in [7, 11) is 1.35. The Bertz CT molecular complexity index is 1120. The number of esters is 1. The summed E-state index contributed by atoms with van der Waals surface area (Å²) in [6, 6.07) is -1.47. The number of aliphatic hydroxyl groups is 9. The van der Waals surface area contributed by atoms with Gasteiger partial charge < -0.3 is 102 Å². The van der Waals surface area contributed by atoms with Gasteiger partial charge in [-0.3, -0.25) is 4.79 Å². The third kappa shape index (κ3) is 13.8. The van der Waals surface area contributed by atoms with Gasteiger partial charge in [-0.05, 0) is 12.8 Å². The monoisotopic (exact) mass is 821 g/mol. The number of methoxy groups -OCH3 is 1. The van der Waals surface area contributed by atoms with Crippen LogP contribution in [0.25, 0.3) is 0 Å². The van der Waals surface area contributed by atoms with Crippen molar-refractivity contribution in [3.63, 3.8) is 0 Å². The van der Waals surface area contributed by atoms with Crippen LogP contribution >= 0.6 is 0 Å². The topological polar surface area (TPSA) is 397 Å². The lowest BCUT2D eigenvalue weighted by atomic mass is 9.88. The summed E-state index contributed by atoms with van der Waals surface area (Å²) in [6.07, 6.45) is -17.2. The molecule has 22 heteroatoms. The molecule has 3 rings (SSSR count). The minimum atomic E-state index is -2.91. The number of carboxylic acids is 1. The maximum Gasteiger partial charge on any atom is 0.364 e. The van der Waals surface area contributed by atoms with Crippen LogP contribution in [0.1, 0.15) is 58.3 Å². The molecule has 0 aromatic carbocycles. The number of nitrogens with two attached hydrogens (primary N) is 1. The predicted octanol–water partition coefficient (Wildman–Crippen LogP) is -3.07. The molecule has 0 amide bonds. The molecular formula is C34H67N3O19. The van der Waals surface area contributed by atoms with Crippen molar-refractivity contribution in [1.82, 2.24) is 12.3 Å². The van der Waals surface area contributed by atoms with E-state index in [0.29, 0.717) is 12.8 Å². The van der Waals surface area contributed by atoms with Crippen LogP contribution in [-0.2, 0) is 42.7 Å². The number of carbonyl (C=O) groups is 2. The molecule has 3 fully saturated rings. The first-order valence-corrected chi connectivity index (χ1v) is 18.1. The van der Waals surface area contributed by atoms with Crippen LogP contribution in [0.15, 0.2) is 13.2 Å². The van der Waals surface area contributed by atoms with Crippen LogP contribution in [0.2, 0.25) is 0 Å². The van der Waals surface area contributed by atoms with Crippen molar-refractivity contribution in [3.05, 3.63) is 13.2 Å². The second-order valence-electron chi connectivity index (χ2n) is 13.5. The van der Waals surface area contributed by atoms with E-state index in [1.165, 1.54) is 7.11 Å². The van der Waals surface area contributed by atoms with Crippen molar-refractivity contribution in [2.75, 3.05) is 33.5 Å². The summed E-state index contributed by atoms with van der Waals surface area (Å²) in [6.45, 7) is 5.36. The highest BCUT2D eigenvalue weighted by Crippen LogP contribution is 2.38. The van der Waals surface area contributed by atoms with Gasteiger partial charge in [0.05, 0.1) is 45.2 Å². The normalized spacial score (nSPS) is 36.8. The molecule has 0 aliphatic carbocycles. The van der Waals surface area contributed by atoms with Crippen molar-refractivity contribution in [3.8, 4) is 0 Å². The zero-order valence-electron chi connectivity index (χ0n) is 32.2. The first-order valence-electron chi connectivity index (χ1n) is 18.1. The maximum atomic E-state index is 12.6. The fourth-order valence-electron chi connectivity index (χ4n) is 6.48. The number of carboxylic acid groups (broad SMARTS) is 1. The predicted molar refractivity (Wildman–Crippen MR) is 193 cm³/mol. The van der Waals surface area contributed by atoms with Gasteiger partial charge in [-0.2, -0.15) is 0 Å². The van der Waals surface area contributed by atoms with Gasteiger partial charge in [-0.15, -0.1) is 13.2 Å².